The van der Waals surface area contributed by atoms with Gasteiger partial charge in [-0.3, -0.25) is 20.3 Å². The van der Waals surface area contributed by atoms with Crippen LogP contribution in [0.25, 0.3) is 0 Å². The lowest BCUT2D eigenvalue weighted by molar-refractivity contribution is 0.0961. The van der Waals surface area contributed by atoms with Gasteiger partial charge in [-0.05, 0) is 37.6 Å². The molecule has 21 heavy (non-hydrogen) atoms. The average molecular weight is 348 g/mol. The van der Waals surface area contributed by atoms with E-state index in [1.807, 2.05) is 13.0 Å². The number of nitriles is 1. The van der Waals surface area contributed by atoms with Crippen molar-refractivity contribution < 1.29 is 4.79 Å². The van der Waals surface area contributed by atoms with Crippen LogP contribution in [0.2, 0.25) is 0 Å². The summed E-state index contributed by atoms with van der Waals surface area (Å²) >= 11 is 3.36. The molecule has 0 bridgehead atoms. The second kappa shape index (κ2) is 5.97. The van der Waals surface area contributed by atoms with Gasteiger partial charge in [0.2, 0.25) is 0 Å². The lowest BCUT2D eigenvalue weighted by Gasteiger charge is -2.10. The monoisotopic (exact) mass is 347 g/mol. The number of hydrazine groups is 1. The van der Waals surface area contributed by atoms with Crippen LogP contribution >= 0.6 is 15.9 Å². The first kappa shape index (κ1) is 15.1. The molecule has 2 aromatic rings. The summed E-state index contributed by atoms with van der Waals surface area (Å²) < 4.78 is 2.43. The standard InChI is InChI=1S/C14H14BrN5O/c1-8-6-10(15)4-5-11(8)14(21)18-17-13-12(7-16)9(2)19-20(13)3/h4-6,17H,1-3H3,(H,18,21). The molecule has 6 nitrogen and oxygen atoms in total. The Kier molecular flexibility index (Phi) is 4.29. The predicted octanol–water partition coefficient (Wildman–Crippen LogP) is 2.43. The van der Waals surface area contributed by atoms with E-state index in [-0.39, 0.29) is 5.91 Å². The normalized spacial score (nSPS) is 10.0. The highest BCUT2D eigenvalue weighted by atomic mass is 79.9. The third-order valence-electron chi connectivity index (χ3n) is 3.06. The summed E-state index contributed by atoms with van der Waals surface area (Å²) in [5.41, 5.74) is 7.77. The number of rotatable bonds is 3. The second-order valence-electron chi connectivity index (χ2n) is 4.58. The SMILES string of the molecule is Cc1cc(Br)ccc1C(=O)NNc1c(C#N)c(C)nn1C. The average Bonchev–Trinajstić information content (AvgIpc) is 2.69. The van der Waals surface area contributed by atoms with Crippen LogP contribution < -0.4 is 10.9 Å². The Balaban J connectivity index is 2.17. The fourth-order valence-corrected chi connectivity index (χ4v) is 2.48. The molecule has 0 unspecified atom stereocenters. The van der Waals surface area contributed by atoms with Crippen LogP contribution in [-0.4, -0.2) is 15.7 Å². The molecule has 0 aliphatic heterocycles. The van der Waals surface area contributed by atoms with Gasteiger partial charge in [0.15, 0.2) is 5.82 Å². The zero-order valence-corrected chi connectivity index (χ0v) is 13.4. The molecule has 0 aliphatic rings. The molecule has 0 radical (unpaired) electrons. The van der Waals surface area contributed by atoms with Crippen LogP contribution in [0.15, 0.2) is 22.7 Å². The number of nitrogens with one attached hydrogen (secondary N) is 2. The van der Waals surface area contributed by atoms with Crippen LogP contribution in [0.1, 0.15) is 27.2 Å². The van der Waals surface area contributed by atoms with Crippen LogP contribution in [0.3, 0.4) is 0 Å². The number of amides is 1. The van der Waals surface area contributed by atoms with Crippen molar-refractivity contribution >= 4 is 27.7 Å². The molecule has 1 aromatic carbocycles. The molecule has 0 atom stereocenters. The maximum Gasteiger partial charge on any atom is 0.269 e. The highest BCUT2D eigenvalue weighted by Gasteiger charge is 2.14. The summed E-state index contributed by atoms with van der Waals surface area (Å²) in [6.07, 6.45) is 0. The molecule has 0 saturated heterocycles. The summed E-state index contributed by atoms with van der Waals surface area (Å²) in [6, 6.07) is 7.46. The van der Waals surface area contributed by atoms with Crippen molar-refractivity contribution in [3.63, 3.8) is 0 Å². The fraction of sp³-hybridized carbons (Fsp3) is 0.214. The zero-order valence-electron chi connectivity index (χ0n) is 11.9. The van der Waals surface area contributed by atoms with Crippen LogP contribution in [0.5, 0.6) is 0 Å². The summed E-state index contributed by atoms with van der Waals surface area (Å²) in [5, 5.41) is 13.2. The van der Waals surface area contributed by atoms with Gasteiger partial charge >= 0.3 is 0 Å². The first-order valence-electron chi connectivity index (χ1n) is 6.20. The predicted molar refractivity (Wildman–Crippen MR) is 82.6 cm³/mol. The van der Waals surface area contributed by atoms with Crippen molar-refractivity contribution in [2.75, 3.05) is 5.43 Å². The van der Waals surface area contributed by atoms with Crippen LogP contribution in [0, 0.1) is 25.2 Å². The van der Waals surface area contributed by atoms with E-state index in [1.54, 1.807) is 26.1 Å². The largest absolute Gasteiger partial charge is 0.281 e. The van der Waals surface area contributed by atoms with E-state index >= 15 is 0 Å². The third kappa shape index (κ3) is 3.06. The van der Waals surface area contributed by atoms with E-state index in [0.29, 0.717) is 22.6 Å². The van der Waals surface area contributed by atoms with Gasteiger partial charge in [0.1, 0.15) is 11.6 Å². The van der Waals surface area contributed by atoms with Gasteiger partial charge in [0, 0.05) is 17.1 Å². The van der Waals surface area contributed by atoms with Crippen molar-refractivity contribution in [2.24, 2.45) is 7.05 Å². The Hall–Kier alpha value is -2.33. The minimum Gasteiger partial charge on any atom is -0.281 e. The quantitative estimate of drug-likeness (QED) is 0.835. The summed E-state index contributed by atoms with van der Waals surface area (Å²) in [7, 11) is 1.70. The Morgan fingerprint density at radius 2 is 2.14 bits per heavy atom. The molecular weight excluding hydrogens is 334 g/mol. The Labute approximate surface area is 130 Å². The fourth-order valence-electron chi connectivity index (χ4n) is 2.00. The number of hydrogen-bond donors (Lipinski definition) is 2. The van der Waals surface area contributed by atoms with Gasteiger partial charge in [-0.2, -0.15) is 10.4 Å². The molecule has 108 valence electrons. The number of hydrogen-bond acceptors (Lipinski definition) is 4. The van der Waals surface area contributed by atoms with E-state index in [2.05, 4.69) is 37.9 Å². The Morgan fingerprint density at radius 1 is 1.43 bits per heavy atom. The van der Waals surface area contributed by atoms with Crippen LogP contribution in [0.4, 0.5) is 5.82 Å². The second-order valence-corrected chi connectivity index (χ2v) is 5.50. The number of carbonyl (C=O) groups excluding carboxylic acids is 1. The number of halogens is 1. The van der Waals surface area contributed by atoms with E-state index < -0.39 is 0 Å². The minimum absolute atomic E-state index is 0.275. The van der Waals surface area contributed by atoms with E-state index in [0.717, 1.165) is 10.0 Å². The third-order valence-corrected chi connectivity index (χ3v) is 3.55. The maximum atomic E-state index is 12.2. The number of aromatic nitrogens is 2. The molecule has 0 fully saturated rings. The molecule has 1 heterocycles. The molecule has 0 spiro atoms. The first-order chi connectivity index (χ1) is 9.93. The lowest BCUT2D eigenvalue weighted by atomic mass is 10.1. The zero-order chi connectivity index (χ0) is 15.6. The molecule has 1 amide bonds. The van der Waals surface area contributed by atoms with Gasteiger partial charge in [-0.25, -0.2) is 0 Å². The summed E-state index contributed by atoms with van der Waals surface area (Å²) in [5.74, 6) is 0.181. The number of aryl methyl sites for hydroxylation is 3. The molecular formula is C14H14BrN5O. The number of benzene rings is 1. The Morgan fingerprint density at radius 3 is 2.76 bits per heavy atom. The van der Waals surface area contributed by atoms with E-state index in [1.165, 1.54) is 4.68 Å². The van der Waals surface area contributed by atoms with Gasteiger partial charge in [0.05, 0.1) is 5.69 Å². The maximum absolute atomic E-state index is 12.2. The smallest absolute Gasteiger partial charge is 0.269 e. The minimum atomic E-state index is -0.275. The number of anilines is 1. The van der Waals surface area contributed by atoms with Crippen molar-refractivity contribution in [1.82, 2.24) is 15.2 Å². The molecule has 2 N–H and O–H groups in total. The van der Waals surface area contributed by atoms with Crippen molar-refractivity contribution in [3.05, 3.63) is 45.1 Å². The first-order valence-corrected chi connectivity index (χ1v) is 6.99. The van der Waals surface area contributed by atoms with Crippen molar-refractivity contribution in [3.8, 4) is 6.07 Å². The van der Waals surface area contributed by atoms with Gasteiger partial charge in [-0.15, -0.1) is 0 Å². The van der Waals surface area contributed by atoms with Gasteiger partial charge in [-0.1, -0.05) is 15.9 Å². The van der Waals surface area contributed by atoms with Gasteiger partial charge in [0.25, 0.3) is 5.91 Å². The number of nitrogens with zero attached hydrogens (tertiary/aromatic N) is 3. The lowest BCUT2D eigenvalue weighted by Crippen LogP contribution is -2.31. The summed E-state index contributed by atoms with van der Waals surface area (Å²) in [6.45, 7) is 3.60. The van der Waals surface area contributed by atoms with Crippen molar-refractivity contribution in [2.45, 2.75) is 13.8 Å². The Bertz CT molecular complexity index is 745. The van der Waals surface area contributed by atoms with Crippen LogP contribution in [-0.2, 0) is 7.05 Å². The van der Waals surface area contributed by atoms with E-state index in [9.17, 15) is 4.79 Å². The molecule has 0 saturated carbocycles. The van der Waals surface area contributed by atoms with Crippen molar-refractivity contribution in [1.29, 1.82) is 5.26 Å². The summed E-state index contributed by atoms with van der Waals surface area (Å²) in [4.78, 5) is 12.2. The van der Waals surface area contributed by atoms with Gasteiger partial charge < -0.3 is 0 Å². The molecule has 1 aromatic heterocycles. The topological polar surface area (TPSA) is 82.7 Å². The molecule has 0 aliphatic carbocycles. The highest BCUT2D eigenvalue weighted by molar-refractivity contribution is 9.10. The molecule has 2 rings (SSSR count). The highest BCUT2D eigenvalue weighted by Crippen LogP contribution is 2.18. The molecule has 7 heteroatoms. The number of carbonyl (C=O) groups is 1. The van der Waals surface area contributed by atoms with E-state index in [4.69, 9.17) is 5.26 Å².